The molecule has 2 amide bonds. The molecule has 0 aliphatic heterocycles. The maximum atomic E-state index is 13.8. The summed E-state index contributed by atoms with van der Waals surface area (Å²) in [7, 11) is -0.915. The molecule has 38 heavy (non-hydrogen) atoms. The summed E-state index contributed by atoms with van der Waals surface area (Å²) in [6.45, 7) is 3.34. The van der Waals surface area contributed by atoms with Crippen LogP contribution in [-0.2, 0) is 26.2 Å². The van der Waals surface area contributed by atoms with Crippen LogP contribution in [0.4, 0.5) is 5.69 Å². The van der Waals surface area contributed by atoms with Gasteiger partial charge in [0.25, 0.3) is 0 Å². The Hall–Kier alpha value is -3.27. The van der Waals surface area contributed by atoms with E-state index in [1.807, 2.05) is 31.2 Å². The molecule has 1 aliphatic carbocycles. The monoisotopic (exact) mass is 545 g/mol. The van der Waals surface area contributed by atoms with Crippen molar-refractivity contribution in [3.8, 4) is 11.5 Å². The molecular formula is C28H39N3O6S. The van der Waals surface area contributed by atoms with Crippen LogP contribution in [0.15, 0.2) is 42.5 Å². The Balaban J connectivity index is 1.91. The zero-order valence-electron chi connectivity index (χ0n) is 22.9. The van der Waals surface area contributed by atoms with E-state index in [2.05, 4.69) is 5.32 Å². The van der Waals surface area contributed by atoms with Crippen molar-refractivity contribution in [3.05, 3.63) is 53.6 Å². The maximum absolute atomic E-state index is 13.8. The van der Waals surface area contributed by atoms with Crippen LogP contribution in [0.5, 0.6) is 11.5 Å². The minimum Gasteiger partial charge on any atom is -0.493 e. The van der Waals surface area contributed by atoms with Crippen molar-refractivity contribution in [2.75, 3.05) is 31.3 Å². The van der Waals surface area contributed by atoms with Crippen LogP contribution in [0.3, 0.4) is 0 Å². The normalized spacial score (nSPS) is 14.9. The number of amides is 2. The van der Waals surface area contributed by atoms with Crippen molar-refractivity contribution in [1.29, 1.82) is 0 Å². The SMILES string of the molecule is COc1ccc(N(CC(=O)N(Cc2ccccc2C)C(C)C(=O)NC2CCCCC2)S(C)(=O)=O)cc1OC. The van der Waals surface area contributed by atoms with Crippen LogP contribution in [0.1, 0.15) is 50.2 Å². The largest absolute Gasteiger partial charge is 0.493 e. The summed E-state index contributed by atoms with van der Waals surface area (Å²) in [5, 5.41) is 3.10. The van der Waals surface area contributed by atoms with Gasteiger partial charge in [-0.2, -0.15) is 0 Å². The standard InChI is InChI=1S/C28H39N3O6S/c1-20-11-9-10-12-22(20)18-30(21(2)28(33)29-23-13-7-6-8-14-23)27(32)19-31(38(5,34)35)24-15-16-25(36-3)26(17-24)37-4/h9-12,15-17,21,23H,6-8,13-14,18-19H2,1-5H3,(H,29,33). The van der Waals surface area contributed by atoms with Gasteiger partial charge in [0.05, 0.1) is 26.2 Å². The Kier molecular flexibility index (Phi) is 10.0. The first-order valence-corrected chi connectivity index (χ1v) is 14.7. The molecule has 1 fully saturated rings. The topological polar surface area (TPSA) is 105 Å². The Morgan fingerprint density at radius 3 is 2.29 bits per heavy atom. The zero-order valence-corrected chi connectivity index (χ0v) is 23.7. The van der Waals surface area contributed by atoms with E-state index in [0.717, 1.165) is 53.8 Å². The van der Waals surface area contributed by atoms with Gasteiger partial charge in [-0.15, -0.1) is 0 Å². The number of sulfonamides is 1. The van der Waals surface area contributed by atoms with E-state index in [9.17, 15) is 18.0 Å². The predicted octanol–water partition coefficient (Wildman–Crippen LogP) is 3.64. The molecule has 0 radical (unpaired) electrons. The van der Waals surface area contributed by atoms with Crippen molar-refractivity contribution in [2.24, 2.45) is 0 Å². The summed E-state index contributed by atoms with van der Waals surface area (Å²) >= 11 is 0. The van der Waals surface area contributed by atoms with Crippen LogP contribution in [0, 0.1) is 6.92 Å². The van der Waals surface area contributed by atoms with Crippen molar-refractivity contribution >= 4 is 27.5 Å². The van der Waals surface area contributed by atoms with Gasteiger partial charge in [-0.05, 0) is 49.9 Å². The molecule has 1 N–H and O–H groups in total. The fraction of sp³-hybridized carbons (Fsp3) is 0.500. The van der Waals surface area contributed by atoms with Gasteiger partial charge >= 0.3 is 0 Å². The Morgan fingerprint density at radius 1 is 1.03 bits per heavy atom. The Labute approximate surface area is 226 Å². The molecule has 3 rings (SSSR count). The quantitative estimate of drug-likeness (QED) is 0.462. The lowest BCUT2D eigenvalue weighted by atomic mass is 9.95. The average molecular weight is 546 g/mol. The van der Waals surface area contributed by atoms with Gasteiger partial charge in [0, 0.05) is 18.7 Å². The van der Waals surface area contributed by atoms with Crippen LogP contribution in [-0.4, -0.2) is 64.2 Å². The number of rotatable bonds is 11. The first kappa shape index (κ1) is 29.3. The summed E-state index contributed by atoms with van der Waals surface area (Å²) in [5.41, 5.74) is 2.12. The van der Waals surface area contributed by atoms with E-state index in [1.54, 1.807) is 19.1 Å². The van der Waals surface area contributed by atoms with E-state index >= 15 is 0 Å². The van der Waals surface area contributed by atoms with Gasteiger partial charge in [0.1, 0.15) is 12.6 Å². The van der Waals surface area contributed by atoms with Gasteiger partial charge in [-0.3, -0.25) is 13.9 Å². The smallest absolute Gasteiger partial charge is 0.244 e. The van der Waals surface area contributed by atoms with Gasteiger partial charge in [0.2, 0.25) is 21.8 Å². The molecule has 1 aliphatic rings. The van der Waals surface area contributed by atoms with E-state index in [0.29, 0.717) is 11.5 Å². The number of hydrogen-bond donors (Lipinski definition) is 1. The van der Waals surface area contributed by atoms with Crippen LogP contribution >= 0.6 is 0 Å². The highest BCUT2D eigenvalue weighted by molar-refractivity contribution is 7.92. The molecule has 2 aromatic carbocycles. The molecule has 0 spiro atoms. The number of carbonyl (C=O) groups excluding carboxylic acids is 2. The number of aryl methyl sites for hydroxylation is 1. The number of benzene rings is 2. The second-order valence-corrected chi connectivity index (χ2v) is 11.7. The number of ether oxygens (including phenoxy) is 2. The molecule has 0 saturated heterocycles. The highest BCUT2D eigenvalue weighted by Crippen LogP contribution is 2.32. The summed E-state index contributed by atoms with van der Waals surface area (Å²) < 4.78 is 37.3. The van der Waals surface area contributed by atoms with Crippen molar-refractivity contribution in [3.63, 3.8) is 0 Å². The Morgan fingerprint density at radius 2 is 1.68 bits per heavy atom. The third kappa shape index (κ3) is 7.40. The minimum absolute atomic E-state index is 0.0911. The molecule has 1 saturated carbocycles. The molecular weight excluding hydrogens is 506 g/mol. The number of methoxy groups -OCH3 is 2. The highest BCUT2D eigenvalue weighted by Gasteiger charge is 2.31. The third-order valence-electron chi connectivity index (χ3n) is 7.06. The molecule has 1 atom stereocenters. The second-order valence-electron chi connectivity index (χ2n) is 9.78. The molecule has 10 heteroatoms. The molecule has 1 unspecified atom stereocenters. The van der Waals surface area contributed by atoms with Crippen molar-refractivity contribution in [2.45, 2.75) is 64.6 Å². The van der Waals surface area contributed by atoms with E-state index in [-0.39, 0.29) is 24.2 Å². The van der Waals surface area contributed by atoms with E-state index in [1.165, 1.54) is 25.2 Å². The minimum atomic E-state index is -3.85. The molecule has 9 nitrogen and oxygen atoms in total. The number of hydrogen-bond acceptors (Lipinski definition) is 6. The zero-order chi connectivity index (χ0) is 27.9. The van der Waals surface area contributed by atoms with Crippen LogP contribution < -0.4 is 19.1 Å². The summed E-state index contributed by atoms with van der Waals surface area (Å²) in [5.74, 6) is 0.0453. The fourth-order valence-electron chi connectivity index (χ4n) is 4.72. The number of carbonyl (C=O) groups is 2. The fourth-order valence-corrected chi connectivity index (χ4v) is 5.56. The average Bonchev–Trinajstić information content (AvgIpc) is 2.90. The van der Waals surface area contributed by atoms with Gasteiger partial charge in [-0.25, -0.2) is 8.42 Å². The summed E-state index contributed by atoms with van der Waals surface area (Å²) in [4.78, 5) is 28.5. The molecule has 2 aromatic rings. The summed E-state index contributed by atoms with van der Waals surface area (Å²) in [6, 6.07) is 11.6. The van der Waals surface area contributed by atoms with E-state index < -0.39 is 28.5 Å². The number of nitrogens with one attached hydrogen (secondary N) is 1. The number of nitrogens with zero attached hydrogens (tertiary/aromatic N) is 2. The Bertz CT molecular complexity index is 1230. The van der Waals surface area contributed by atoms with Crippen molar-refractivity contribution < 1.29 is 27.5 Å². The highest BCUT2D eigenvalue weighted by atomic mass is 32.2. The second kappa shape index (κ2) is 13.0. The number of anilines is 1. The van der Waals surface area contributed by atoms with Gasteiger partial charge in [0.15, 0.2) is 11.5 Å². The lowest BCUT2D eigenvalue weighted by Crippen LogP contribution is -2.53. The maximum Gasteiger partial charge on any atom is 0.244 e. The summed E-state index contributed by atoms with van der Waals surface area (Å²) in [6.07, 6.45) is 6.19. The first-order chi connectivity index (χ1) is 18.0. The van der Waals surface area contributed by atoms with E-state index in [4.69, 9.17) is 9.47 Å². The lowest BCUT2D eigenvalue weighted by molar-refractivity contribution is -0.139. The third-order valence-corrected chi connectivity index (χ3v) is 8.20. The van der Waals surface area contributed by atoms with Crippen LogP contribution in [0.25, 0.3) is 0 Å². The van der Waals surface area contributed by atoms with Crippen molar-refractivity contribution in [1.82, 2.24) is 10.2 Å². The first-order valence-electron chi connectivity index (χ1n) is 12.9. The van der Waals surface area contributed by atoms with Gasteiger partial charge < -0.3 is 19.7 Å². The molecule has 0 bridgehead atoms. The predicted molar refractivity (Wildman–Crippen MR) is 148 cm³/mol. The van der Waals surface area contributed by atoms with Gasteiger partial charge in [-0.1, -0.05) is 43.5 Å². The van der Waals surface area contributed by atoms with Crippen LogP contribution in [0.2, 0.25) is 0 Å². The lowest BCUT2D eigenvalue weighted by Gasteiger charge is -2.33. The molecule has 208 valence electrons. The molecule has 0 aromatic heterocycles. The molecule has 0 heterocycles.